The number of nitrogens with zero attached hydrogens (tertiary/aromatic N) is 6. The molecule has 8 nitrogen and oxygen atoms in total. The van der Waals surface area contributed by atoms with Crippen LogP contribution >= 0.6 is 11.3 Å². The summed E-state index contributed by atoms with van der Waals surface area (Å²) in [5.74, 6) is 1.48. The average Bonchev–Trinajstić information content (AvgIpc) is 3.57. The molecule has 2 atom stereocenters. The van der Waals surface area contributed by atoms with Crippen LogP contribution in [0.5, 0.6) is 0 Å². The predicted molar refractivity (Wildman–Crippen MR) is 127 cm³/mol. The first kappa shape index (κ1) is 19.9. The highest BCUT2D eigenvalue weighted by atomic mass is 32.1. The lowest BCUT2D eigenvalue weighted by Gasteiger charge is -2.29. The molecule has 4 heterocycles. The van der Waals surface area contributed by atoms with Crippen molar-refractivity contribution in [2.24, 2.45) is 0 Å². The number of hydrogen-bond acceptors (Lipinski definition) is 8. The van der Waals surface area contributed by atoms with Crippen LogP contribution in [0.3, 0.4) is 0 Å². The third-order valence-corrected chi connectivity index (χ3v) is 7.63. The minimum atomic E-state index is -0.356. The maximum Gasteiger partial charge on any atom is 0.229 e. The Morgan fingerprint density at radius 3 is 2.72 bits per heavy atom. The number of aliphatic hydroxyl groups excluding tert-OH is 1. The van der Waals surface area contributed by atoms with Crippen molar-refractivity contribution >= 4 is 44.5 Å². The Bertz CT molecular complexity index is 1210. The maximum atomic E-state index is 10.6. The van der Waals surface area contributed by atoms with Crippen LogP contribution in [0.1, 0.15) is 49.6 Å². The van der Waals surface area contributed by atoms with Crippen LogP contribution in [0.2, 0.25) is 0 Å². The number of anilines is 2. The molecule has 1 aliphatic heterocycles. The molecule has 0 unspecified atom stereocenters. The van der Waals surface area contributed by atoms with Crippen LogP contribution in [-0.2, 0) is 6.54 Å². The molecule has 2 fully saturated rings. The highest BCUT2D eigenvalue weighted by molar-refractivity contribution is 7.18. The highest BCUT2D eigenvalue weighted by Gasteiger charge is 2.28. The van der Waals surface area contributed by atoms with E-state index in [1.165, 1.54) is 4.70 Å². The van der Waals surface area contributed by atoms with Gasteiger partial charge in [0, 0.05) is 13.1 Å². The molecule has 0 radical (unpaired) electrons. The Hall–Kier alpha value is -2.78. The monoisotopic (exact) mass is 449 g/mol. The number of benzene rings is 1. The van der Waals surface area contributed by atoms with Gasteiger partial charge in [-0.2, -0.15) is 9.97 Å². The van der Waals surface area contributed by atoms with E-state index >= 15 is 0 Å². The number of fused-ring (bicyclic) bond motifs is 2. The summed E-state index contributed by atoms with van der Waals surface area (Å²) < 4.78 is 3.26. The van der Waals surface area contributed by atoms with Crippen LogP contribution in [0.15, 0.2) is 30.6 Å². The molecular weight excluding hydrogens is 422 g/mol. The van der Waals surface area contributed by atoms with Crippen molar-refractivity contribution in [2.45, 2.75) is 57.2 Å². The fourth-order valence-electron chi connectivity index (χ4n) is 4.90. The zero-order valence-corrected chi connectivity index (χ0v) is 18.8. The van der Waals surface area contributed by atoms with Gasteiger partial charge in [0.05, 0.1) is 35.2 Å². The molecule has 4 aromatic rings. The van der Waals surface area contributed by atoms with Gasteiger partial charge >= 0.3 is 0 Å². The van der Waals surface area contributed by atoms with E-state index < -0.39 is 0 Å². The molecule has 3 aromatic heterocycles. The van der Waals surface area contributed by atoms with E-state index in [0.29, 0.717) is 6.54 Å². The largest absolute Gasteiger partial charge is 0.391 e. The molecule has 1 saturated carbocycles. The second-order valence-electron chi connectivity index (χ2n) is 8.74. The minimum absolute atomic E-state index is 0.0205. The van der Waals surface area contributed by atoms with Crippen LogP contribution < -0.4 is 10.2 Å². The first-order chi connectivity index (χ1) is 15.8. The molecule has 0 bridgehead atoms. The first-order valence-electron chi connectivity index (χ1n) is 11.5. The minimum Gasteiger partial charge on any atom is -0.391 e. The molecule has 1 saturated heterocycles. The predicted octanol–water partition coefficient (Wildman–Crippen LogP) is 4.12. The number of aliphatic hydroxyl groups is 1. The second kappa shape index (κ2) is 8.29. The molecule has 2 N–H and O–H groups in total. The van der Waals surface area contributed by atoms with Crippen molar-refractivity contribution < 1.29 is 5.11 Å². The van der Waals surface area contributed by atoms with Crippen molar-refractivity contribution in [3.63, 3.8) is 0 Å². The van der Waals surface area contributed by atoms with Crippen molar-refractivity contribution in [2.75, 3.05) is 23.3 Å². The first-order valence-corrected chi connectivity index (χ1v) is 12.3. The summed E-state index contributed by atoms with van der Waals surface area (Å²) in [5, 5.41) is 15.2. The zero-order chi connectivity index (χ0) is 21.5. The lowest BCUT2D eigenvalue weighted by Crippen LogP contribution is -2.27. The molecule has 0 spiro atoms. The van der Waals surface area contributed by atoms with Gasteiger partial charge in [-0.15, -0.1) is 11.3 Å². The van der Waals surface area contributed by atoms with Crippen molar-refractivity contribution in [1.29, 1.82) is 0 Å². The molecule has 32 heavy (non-hydrogen) atoms. The summed E-state index contributed by atoms with van der Waals surface area (Å²) in [6.45, 7) is 2.54. The summed E-state index contributed by atoms with van der Waals surface area (Å²) >= 11 is 1.69. The highest BCUT2D eigenvalue weighted by Crippen LogP contribution is 2.33. The Labute approximate surface area is 190 Å². The number of para-hydroxylation sites is 1. The van der Waals surface area contributed by atoms with Gasteiger partial charge < -0.3 is 19.9 Å². The lowest BCUT2D eigenvalue weighted by atomic mass is 9.92. The number of thiazole rings is 1. The standard InChI is InChI=1S/C23H27N7OS/c31-17-9-3-2-8-16(17)30-14-25-20-21(27-23(28-22(20)30)29-11-5-6-12-29)24-13-19-26-15-7-1-4-10-18(15)32-19/h1,4,7,10,14,16-17,31H,2-3,5-6,8-9,11-13H2,(H,24,27,28)/t16-,17-/m1/s1. The van der Waals surface area contributed by atoms with E-state index in [4.69, 9.17) is 15.0 Å². The van der Waals surface area contributed by atoms with Gasteiger partial charge in [0.2, 0.25) is 5.95 Å². The van der Waals surface area contributed by atoms with E-state index in [0.717, 1.165) is 85.1 Å². The zero-order valence-electron chi connectivity index (χ0n) is 17.9. The van der Waals surface area contributed by atoms with Crippen LogP contribution in [0.25, 0.3) is 21.4 Å². The van der Waals surface area contributed by atoms with Gasteiger partial charge in [0.1, 0.15) is 5.01 Å². The second-order valence-corrected chi connectivity index (χ2v) is 9.85. The topological polar surface area (TPSA) is 92.0 Å². The fraction of sp³-hybridized carbons (Fsp3) is 0.478. The maximum absolute atomic E-state index is 10.6. The van der Waals surface area contributed by atoms with E-state index in [-0.39, 0.29) is 12.1 Å². The summed E-state index contributed by atoms with van der Waals surface area (Å²) in [4.78, 5) is 21.5. The normalized spacial score (nSPS) is 21.6. The van der Waals surface area contributed by atoms with Crippen LogP contribution in [0, 0.1) is 0 Å². The summed E-state index contributed by atoms with van der Waals surface area (Å²) in [6.07, 6.45) is 7.77. The molecule has 6 rings (SSSR count). The van der Waals surface area contributed by atoms with E-state index in [1.807, 2.05) is 24.5 Å². The van der Waals surface area contributed by atoms with Gasteiger partial charge in [0.15, 0.2) is 17.0 Å². The quantitative estimate of drug-likeness (QED) is 0.473. The van der Waals surface area contributed by atoms with E-state index in [2.05, 4.69) is 25.8 Å². The number of imidazole rings is 1. The van der Waals surface area contributed by atoms with Gasteiger partial charge in [-0.1, -0.05) is 25.0 Å². The van der Waals surface area contributed by atoms with E-state index in [1.54, 1.807) is 11.3 Å². The molecule has 9 heteroatoms. The molecule has 1 aromatic carbocycles. The Morgan fingerprint density at radius 1 is 1.03 bits per heavy atom. The average molecular weight is 450 g/mol. The Morgan fingerprint density at radius 2 is 1.88 bits per heavy atom. The number of rotatable bonds is 5. The van der Waals surface area contributed by atoms with E-state index in [9.17, 15) is 5.11 Å². The van der Waals surface area contributed by atoms with Crippen molar-refractivity contribution in [3.05, 3.63) is 35.6 Å². The fourth-order valence-corrected chi connectivity index (χ4v) is 5.81. The molecule has 1 aliphatic carbocycles. The Kier molecular flexibility index (Phi) is 5.15. The number of hydrogen-bond donors (Lipinski definition) is 2. The third kappa shape index (κ3) is 3.59. The SMILES string of the molecule is O[C@@H]1CCCC[C@H]1n1cnc2c(NCc3nc4ccccc4s3)nc(N3CCCC3)nc21. The van der Waals surface area contributed by atoms with Crippen molar-refractivity contribution in [3.8, 4) is 0 Å². The lowest BCUT2D eigenvalue weighted by molar-refractivity contribution is 0.0770. The summed E-state index contributed by atoms with van der Waals surface area (Å²) in [5.41, 5.74) is 2.59. The van der Waals surface area contributed by atoms with Crippen LogP contribution in [0.4, 0.5) is 11.8 Å². The molecular formula is C23H27N7OS. The third-order valence-electron chi connectivity index (χ3n) is 6.59. The summed E-state index contributed by atoms with van der Waals surface area (Å²) in [6, 6.07) is 8.22. The smallest absolute Gasteiger partial charge is 0.229 e. The van der Waals surface area contributed by atoms with Gasteiger partial charge in [0.25, 0.3) is 0 Å². The number of nitrogens with one attached hydrogen (secondary N) is 1. The molecule has 0 amide bonds. The van der Waals surface area contributed by atoms with Gasteiger partial charge in [-0.05, 0) is 37.8 Å². The summed E-state index contributed by atoms with van der Waals surface area (Å²) in [7, 11) is 0. The van der Waals surface area contributed by atoms with Gasteiger partial charge in [-0.25, -0.2) is 9.97 Å². The van der Waals surface area contributed by atoms with Gasteiger partial charge in [-0.3, -0.25) is 0 Å². The molecule has 166 valence electrons. The van der Waals surface area contributed by atoms with Crippen LogP contribution in [-0.4, -0.2) is 48.8 Å². The number of aromatic nitrogens is 5. The van der Waals surface area contributed by atoms with Crippen molar-refractivity contribution in [1.82, 2.24) is 24.5 Å². The Balaban J connectivity index is 1.37. The molecule has 2 aliphatic rings.